The maximum Gasteiger partial charge on any atom is 0.247 e. The largest absolute Gasteiger partial charge is 0.352 e. The number of nitrogens with one attached hydrogen (secondary N) is 1. The summed E-state index contributed by atoms with van der Waals surface area (Å²) in [6, 6.07) is 0. The minimum atomic E-state index is 0.164. The molecule has 9 heavy (non-hydrogen) atoms. The summed E-state index contributed by atoms with van der Waals surface area (Å²) >= 11 is 0. The van der Waals surface area contributed by atoms with Gasteiger partial charge in [0.25, 0.3) is 0 Å². The molecule has 1 aliphatic heterocycles. The van der Waals surface area contributed by atoms with Crippen molar-refractivity contribution in [1.82, 2.24) is 5.32 Å². The molecule has 0 spiro atoms. The number of allylic oxidation sites excluding steroid dienone is 1. The van der Waals surface area contributed by atoms with Crippen molar-refractivity contribution in [3.05, 3.63) is 11.6 Å². The SMILES string of the molecule is O=C1NCC2CCC=C12. The Kier molecular flexibility index (Phi) is 0.891. The Labute approximate surface area is 53.9 Å². The zero-order valence-electron chi connectivity index (χ0n) is 5.18. The second-order valence-electron chi connectivity index (χ2n) is 2.64. The highest BCUT2D eigenvalue weighted by molar-refractivity contribution is 5.96. The van der Waals surface area contributed by atoms with Crippen molar-refractivity contribution in [1.29, 1.82) is 0 Å². The topological polar surface area (TPSA) is 29.1 Å². The van der Waals surface area contributed by atoms with Gasteiger partial charge in [0.1, 0.15) is 0 Å². The highest BCUT2D eigenvalue weighted by atomic mass is 16.2. The van der Waals surface area contributed by atoms with Gasteiger partial charge in [-0.05, 0) is 12.8 Å². The van der Waals surface area contributed by atoms with Gasteiger partial charge in [-0.1, -0.05) is 6.08 Å². The van der Waals surface area contributed by atoms with Crippen LogP contribution in [-0.2, 0) is 4.79 Å². The van der Waals surface area contributed by atoms with E-state index in [4.69, 9.17) is 0 Å². The molecule has 1 fully saturated rings. The van der Waals surface area contributed by atoms with Crippen molar-refractivity contribution < 1.29 is 4.79 Å². The first-order valence-corrected chi connectivity index (χ1v) is 3.36. The fourth-order valence-corrected chi connectivity index (χ4v) is 1.57. The van der Waals surface area contributed by atoms with Gasteiger partial charge in [0.2, 0.25) is 5.91 Å². The van der Waals surface area contributed by atoms with Crippen molar-refractivity contribution in [2.75, 3.05) is 6.54 Å². The maximum atomic E-state index is 10.9. The average molecular weight is 123 g/mol. The fraction of sp³-hybridized carbons (Fsp3) is 0.571. The highest BCUT2D eigenvalue weighted by Crippen LogP contribution is 2.28. The zero-order valence-corrected chi connectivity index (χ0v) is 5.18. The van der Waals surface area contributed by atoms with Crippen molar-refractivity contribution in [2.45, 2.75) is 12.8 Å². The summed E-state index contributed by atoms with van der Waals surface area (Å²) in [6.45, 7) is 0.880. The standard InChI is InChI=1S/C7H9NO/c9-7-6-3-1-2-5(6)4-8-7/h3,5H,1-2,4H2,(H,8,9). The van der Waals surface area contributed by atoms with E-state index in [2.05, 4.69) is 11.4 Å². The van der Waals surface area contributed by atoms with E-state index in [-0.39, 0.29) is 5.91 Å². The maximum absolute atomic E-state index is 10.9. The fourth-order valence-electron chi connectivity index (χ4n) is 1.57. The van der Waals surface area contributed by atoms with Gasteiger partial charge in [-0.3, -0.25) is 4.79 Å². The summed E-state index contributed by atoms with van der Waals surface area (Å²) in [6.07, 6.45) is 4.34. The zero-order chi connectivity index (χ0) is 6.27. The van der Waals surface area contributed by atoms with Crippen LogP contribution in [0, 0.1) is 5.92 Å². The van der Waals surface area contributed by atoms with Gasteiger partial charge in [-0.25, -0.2) is 0 Å². The molecule has 1 unspecified atom stereocenters. The van der Waals surface area contributed by atoms with E-state index >= 15 is 0 Å². The molecule has 0 radical (unpaired) electrons. The van der Waals surface area contributed by atoms with Gasteiger partial charge in [-0.2, -0.15) is 0 Å². The Morgan fingerprint density at radius 1 is 1.67 bits per heavy atom. The molecule has 2 nitrogen and oxygen atoms in total. The number of hydrogen-bond donors (Lipinski definition) is 1. The van der Waals surface area contributed by atoms with Crippen molar-refractivity contribution in [3.8, 4) is 0 Å². The summed E-state index contributed by atoms with van der Waals surface area (Å²) in [7, 11) is 0. The van der Waals surface area contributed by atoms with Crippen LogP contribution >= 0.6 is 0 Å². The molecule has 0 saturated carbocycles. The van der Waals surface area contributed by atoms with Crippen LogP contribution in [-0.4, -0.2) is 12.5 Å². The van der Waals surface area contributed by atoms with Crippen LogP contribution in [0.2, 0.25) is 0 Å². The number of hydrogen-bond acceptors (Lipinski definition) is 1. The van der Waals surface area contributed by atoms with Gasteiger partial charge in [0.15, 0.2) is 0 Å². The molecule has 1 N–H and O–H groups in total. The Morgan fingerprint density at radius 3 is 3.33 bits per heavy atom. The molecular formula is C7H9NO. The van der Waals surface area contributed by atoms with Crippen LogP contribution in [0.4, 0.5) is 0 Å². The lowest BCUT2D eigenvalue weighted by Crippen LogP contribution is -2.14. The Balaban J connectivity index is 2.32. The van der Waals surface area contributed by atoms with E-state index in [1.807, 2.05) is 0 Å². The third-order valence-corrected chi connectivity index (χ3v) is 2.09. The van der Waals surface area contributed by atoms with Gasteiger partial charge in [-0.15, -0.1) is 0 Å². The summed E-state index contributed by atoms with van der Waals surface area (Å²) in [5.74, 6) is 0.718. The molecule has 1 aliphatic carbocycles. The lowest BCUT2D eigenvalue weighted by atomic mass is 10.1. The molecule has 2 rings (SSSR count). The van der Waals surface area contributed by atoms with E-state index < -0.39 is 0 Å². The number of amides is 1. The smallest absolute Gasteiger partial charge is 0.247 e. The van der Waals surface area contributed by atoms with Crippen LogP contribution in [0.5, 0.6) is 0 Å². The molecule has 0 aromatic rings. The lowest BCUT2D eigenvalue weighted by Gasteiger charge is -1.96. The molecule has 1 atom stereocenters. The molecule has 1 heterocycles. The molecule has 0 bridgehead atoms. The monoisotopic (exact) mass is 123 g/mol. The summed E-state index contributed by atoms with van der Waals surface area (Å²) < 4.78 is 0. The number of carbonyl (C=O) groups excluding carboxylic acids is 1. The second kappa shape index (κ2) is 1.59. The van der Waals surface area contributed by atoms with E-state index in [0.29, 0.717) is 5.92 Å². The van der Waals surface area contributed by atoms with Crippen molar-refractivity contribution >= 4 is 5.91 Å². The Morgan fingerprint density at radius 2 is 2.56 bits per heavy atom. The molecule has 1 amide bonds. The van der Waals surface area contributed by atoms with Gasteiger partial charge in [0, 0.05) is 18.0 Å². The molecule has 0 aromatic carbocycles. The number of fused-ring (bicyclic) bond motifs is 1. The third-order valence-electron chi connectivity index (χ3n) is 2.09. The predicted octanol–water partition coefficient (Wildman–Crippen LogP) is 0.453. The Bertz CT molecular complexity index is 183. The first-order valence-electron chi connectivity index (χ1n) is 3.36. The minimum Gasteiger partial charge on any atom is -0.352 e. The molecular weight excluding hydrogens is 114 g/mol. The first-order chi connectivity index (χ1) is 4.38. The summed E-state index contributed by atoms with van der Waals surface area (Å²) in [5.41, 5.74) is 1.04. The van der Waals surface area contributed by atoms with Crippen LogP contribution in [0.15, 0.2) is 11.6 Å². The Hall–Kier alpha value is -0.790. The summed E-state index contributed by atoms with van der Waals surface area (Å²) in [4.78, 5) is 10.9. The average Bonchev–Trinajstić information content (AvgIpc) is 2.35. The van der Waals surface area contributed by atoms with Crippen LogP contribution in [0.25, 0.3) is 0 Å². The van der Waals surface area contributed by atoms with Crippen molar-refractivity contribution in [2.24, 2.45) is 5.92 Å². The second-order valence-corrected chi connectivity index (χ2v) is 2.64. The molecule has 1 saturated heterocycles. The van der Waals surface area contributed by atoms with E-state index in [0.717, 1.165) is 18.5 Å². The van der Waals surface area contributed by atoms with Crippen LogP contribution < -0.4 is 5.32 Å². The van der Waals surface area contributed by atoms with Gasteiger partial charge in [0.05, 0.1) is 0 Å². The first kappa shape index (κ1) is 5.03. The van der Waals surface area contributed by atoms with E-state index in [9.17, 15) is 4.79 Å². The van der Waals surface area contributed by atoms with Crippen LogP contribution in [0.1, 0.15) is 12.8 Å². The minimum absolute atomic E-state index is 0.164. The normalized spacial score (nSPS) is 31.8. The van der Waals surface area contributed by atoms with Crippen molar-refractivity contribution in [3.63, 3.8) is 0 Å². The number of carbonyl (C=O) groups is 1. The predicted molar refractivity (Wildman–Crippen MR) is 33.8 cm³/mol. The molecule has 2 heteroatoms. The number of rotatable bonds is 0. The van der Waals surface area contributed by atoms with E-state index in [1.54, 1.807) is 0 Å². The van der Waals surface area contributed by atoms with Gasteiger partial charge >= 0.3 is 0 Å². The lowest BCUT2D eigenvalue weighted by molar-refractivity contribution is -0.116. The quantitative estimate of drug-likeness (QED) is 0.498. The molecule has 0 aromatic heterocycles. The molecule has 48 valence electrons. The van der Waals surface area contributed by atoms with Crippen LogP contribution in [0.3, 0.4) is 0 Å². The van der Waals surface area contributed by atoms with E-state index in [1.165, 1.54) is 6.42 Å². The third kappa shape index (κ3) is 0.590. The molecule has 2 aliphatic rings. The highest BCUT2D eigenvalue weighted by Gasteiger charge is 2.30. The summed E-state index contributed by atoms with van der Waals surface area (Å²) in [5, 5.41) is 2.81. The van der Waals surface area contributed by atoms with Gasteiger partial charge < -0.3 is 5.32 Å².